The predicted molar refractivity (Wildman–Crippen MR) is 101 cm³/mol. The lowest BCUT2D eigenvalue weighted by molar-refractivity contribution is 0.306. The lowest BCUT2D eigenvalue weighted by Gasteiger charge is -2.07. The lowest BCUT2D eigenvalue weighted by Crippen LogP contribution is -1.95. The van der Waals surface area contributed by atoms with Gasteiger partial charge >= 0.3 is 0 Å². The highest BCUT2D eigenvalue weighted by atomic mass is 35.5. The normalized spacial score (nSPS) is 10.7. The van der Waals surface area contributed by atoms with Gasteiger partial charge in [-0.25, -0.2) is 4.39 Å². The van der Waals surface area contributed by atoms with Crippen molar-refractivity contribution in [3.8, 4) is 28.6 Å². The van der Waals surface area contributed by atoms with E-state index in [1.807, 2.05) is 36.4 Å². The molecule has 27 heavy (non-hydrogen) atoms. The van der Waals surface area contributed by atoms with Crippen molar-refractivity contribution in [2.75, 3.05) is 0 Å². The first-order chi connectivity index (χ1) is 13.2. The number of hydrogen-bond donors (Lipinski definition) is 0. The van der Waals surface area contributed by atoms with Crippen molar-refractivity contribution in [1.82, 2.24) is 10.1 Å². The Morgan fingerprint density at radius 1 is 0.926 bits per heavy atom. The Morgan fingerprint density at radius 3 is 2.48 bits per heavy atom. The molecule has 0 aliphatic heterocycles. The Bertz CT molecular complexity index is 1050. The van der Waals surface area contributed by atoms with Gasteiger partial charge in [-0.3, -0.25) is 0 Å². The molecule has 4 aromatic rings. The molecule has 0 radical (unpaired) electrons. The van der Waals surface area contributed by atoms with Crippen LogP contribution in [0.5, 0.6) is 5.75 Å². The van der Waals surface area contributed by atoms with Gasteiger partial charge in [-0.15, -0.1) is 0 Å². The molecule has 6 heteroatoms. The molecule has 1 heterocycles. The molecule has 4 nitrogen and oxygen atoms in total. The number of halogens is 2. The standard InChI is InChI=1S/C21H14ClFN2O2/c22-17-8-6-15(7-9-17)21-24-20(25-27-21)16-2-1-3-19(12-16)26-13-14-4-10-18(23)11-5-14/h1-12H,13H2. The van der Waals surface area contributed by atoms with Crippen LogP contribution in [0.3, 0.4) is 0 Å². The molecule has 0 fully saturated rings. The Kier molecular flexibility index (Phi) is 4.85. The zero-order chi connectivity index (χ0) is 18.6. The fourth-order valence-electron chi connectivity index (χ4n) is 2.52. The van der Waals surface area contributed by atoms with Gasteiger partial charge in [0.15, 0.2) is 0 Å². The summed E-state index contributed by atoms with van der Waals surface area (Å²) in [5.41, 5.74) is 2.45. The smallest absolute Gasteiger partial charge is 0.258 e. The first-order valence-corrected chi connectivity index (χ1v) is 8.62. The van der Waals surface area contributed by atoms with E-state index in [1.165, 1.54) is 12.1 Å². The van der Waals surface area contributed by atoms with Gasteiger partial charge in [0.05, 0.1) is 0 Å². The Balaban J connectivity index is 1.50. The molecule has 4 rings (SSSR count). The minimum Gasteiger partial charge on any atom is -0.489 e. The van der Waals surface area contributed by atoms with E-state index in [9.17, 15) is 4.39 Å². The van der Waals surface area contributed by atoms with Crippen LogP contribution in [0.4, 0.5) is 4.39 Å². The summed E-state index contributed by atoms with van der Waals surface area (Å²) in [5.74, 6) is 1.27. The fraction of sp³-hybridized carbons (Fsp3) is 0.0476. The zero-order valence-electron chi connectivity index (χ0n) is 14.1. The van der Waals surface area contributed by atoms with Crippen molar-refractivity contribution in [3.05, 3.63) is 89.2 Å². The molecule has 0 amide bonds. The van der Waals surface area contributed by atoms with E-state index in [-0.39, 0.29) is 5.82 Å². The first-order valence-electron chi connectivity index (χ1n) is 8.25. The molecular formula is C21H14ClFN2O2. The lowest BCUT2D eigenvalue weighted by atomic mass is 10.2. The van der Waals surface area contributed by atoms with Crippen LogP contribution in [-0.2, 0) is 6.61 Å². The van der Waals surface area contributed by atoms with E-state index in [2.05, 4.69) is 10.1 Å². The Labute approximate surface area is 160 Å². The van der Waals surface area contributed by atoms with Gasteiger partial charge in [-0.1, -0.05) is 41.0 Å². The molecule has 0 unspecified atom stereocenters. The van der Waals surface area contributed by atoms with Crippen molar-refractivity contribution in [1.29, 1.82) is 0 Å². The summed E-state index contributed by atoms with van der Waals surface area (Å²) in [4.78, 5) is 4.43. The second-order valence-corrected chi connectivity index (χ2v) is 6.31. The van der Waals surface area contributed by atoms with Crippen LogP contribution in [0.1, 0.15) is 5.56 Å². The van der Waals surface area contributed by atoms with E-state index in [0.717, 1.165) is 16.7 Å². The van der Waals surface area contributed by atoms with Crippen molar-refractivity contribution < 1.29 is 13.7 Å². The maximum atomic E-state index is 13.0. The third-order valence-electron chi connectivity index (χ3n) is 3.93. The van der Waals surface area contributed by atoms with Gasteiger partial charge in [-0.2, -0.15) is 4.98 Å². The number of aromatic nitrogens is 2. The molecule has 1 aromatic heterocycles. The van der Waals surface area contributed by atoms with Crippen LogP contribution < -0.4 is 4.74 Å². The van der Waals surface area contributed by atoms with Crippen LogP contribution in [0.2, 0.25) is 5.02 Å². The number of hydrogen-bond acceptors (Lipinski definition) is 4. The molecule has 0 aliphatic carbocycles. The third kappa shape index (κ3) is 4.15. The number of ether oxygens (including phenoxy) is 1. The van der Waals surface area contributed by atoms with Crippen LogP contribution in [0.25, 0.3) is 22.8 Å². The molecule has 0 aliphatic rings. The van der Waals surface area contributed by atoms with Crippen LogP contribution in [0, 0.1) is 5.82 Å². The second kappa shape index (κ2) is 7.60. The second-order valence-electron chi connectivity index (χ2n) is 5.87. The number of rotatable bonds is 5. The van der Waals surface area contributed by atoms with Gasteiger partial charge in [0, 0.05) is 16.1 Å². The van der Waals surface area contributed by atoms with Gasteiger partial charge in [0.25, 0.3) is 5.89 Å². The Morgan fingerprint density at radius 2 is 1.70 bits per heavy atom. The molecule has 134 valence electrons. The molecule has 0 spiro atoms. The SMILES string of the molecule is Fc1ccc(COc2cccc(-c3noc(-c4ccc(Cl)cc4)n3)c2)cc1. The zero-order valence-corrected chi connectivity index (χ0v) is 14.9. The average molecular weight is 381 g/mol. The highest BCUT2D eigenvalue weighted by molar-refractivity contribution is 6.30. The van der Waals surface area contributed by atoms with Crippen molar-refractivity contribution >= 4 is 11.6 Å². The molecule has 0 N–H and O–H groups in total. The summed E-state index contributed by atoms with van der Waals surface area (Å²) < 4.78 is 24.1. The van der Waals surface area contributed by atoms with Gasteiger partial charge in [0.2, 0.25) is 5.82 Å². The average Bonchev–Trinajstić information content (AvgIpc) is 3.19. The monoisotopic (exact) mass is 380 g/mol. The molecule has 3 aromatic carbocycles. The highest BCUT2D eigenvalue weighted by Crippen LogP contribution is 2.26. The quantitative estimate of drug-likeness (QED) is 0.440. The van der Waals surface area contributed by atoms with E-state index in [1.54, 1.807) is 24.3 Å². The van der Waals surface area contributed by atoms with E-state index >= 15 is 0 Å². The van der Waals surface area contributed by atoms with Gasteiger partial charge in [0.1, 0.15) is 18.2 Å². The summed E-state index contributed by atoms with van der Waals surface area (Å²) in [6.45, 7) is 0.339. The van der Waals surface area contributed by atoms with E-state index < -0.39 is 0 Å². The summed E-state index contributed by atoms with van der Waals surface area (Å²) >= 11 is 5.90. The summed E-state index contributed by atoms with van der Waals surface area (Å²) in [5, 5.41) is 4.68. The maximum absolute atomic E-state index is 13.0. The van der Waals surface area contributed by atoms with Gasteiger partial charge in [-0.05, 0) is 54.1 Å². The van der Waals surface area contributed by atoms with Crippen molar-refractivity contribution in [2.45, 2.75) is 6.61 Å². The molecule has 0 bridgehead atoms. The Hall–Kier alpha value is -3.18. The maximum Gasteiger partial charge on any atom is 0.258 e. The predicted octanol–water partition coefficient (Wildman–Crippen LogP) is 5.78. The minimum atomic E-state index is -0.269. The third-order valence-corrected chi connectivity index (χ3v) is 4.18. The largest absolute Gasteiger partial charge is 0.489 e. The van der Waals surface area contributed by atoms with E-state index in [0.29, 0.717) is 29.1 Å². The number of benzene rings is 3. The van der Waals surface area contributed by atoms with Gasteiger partial charge < -0.3 is 9.26 Å². The van der Waals surface area contributed by atoms with Crippen LogP contribution in [-0.4, -0.2) is 10.1 Å². The van der Waals surface area contributed by atoms with Crippen LogP contribution >= 0.6 is 11.6 Å². The highest BCUT2D eigenvalue weighted by Gasteiger charge is 2.11. The number of nitrogens with zero attached hydrogens (tertiary/aromatic N) is 2. The van der Waals surface area contributed by atoms with Crippen molar-refractivity contribution in [2.24, 2.45) is 0 Å². The molecular weight excluding hydrogens is 367 g/mol. The summed E-state index contributed by atoms with van der Waals surface area (Å²) in [7, 11) is 0. The molecule has 0 atom stereocenters. The molecule has 0 saturated heterocycles. The summed E-state index contributed by atoms with van der Waals surface area (Å²) in [6, 6.07) is 20.8. The van der Waals surface area contributed by atoms with E-state index in [4.69, 9.17) is 20.9 Å². The minimum absolute atomic E-state index is 0.269. The fourth-order valence-corrected chi connectivity index (χ4v) is 2.65. The van der Waals surface area contributed by atoms with Crippen LogP contribution in [0.15, 0.2) is 77.3 Å². The summed E-state index contributed by atoms with van der Waals surface area (Å²) in [6.07, 6.45) is 0. The first kappa shape index (κ1) is 17.2. The topological polar surface area (TPSA) is 48.2 Å². The molecule has 0 saturated carbocycles. The van der Waals surface area contributed by atoms with Crippen molar-refractivity contribution in [3.63, 3.8) is 0 Å².